The summed E-state index contributed by atoms with van der Waals surface area (Å²) in [7, 11) is 0. The standard InChI is InChI=1S/C13H11F3N2OS/c14-13(15,16)19-10-1-2-12(17-7-10)18-5-3-11-9(8-18)4-6-20-11/h1-2,4,6-7H,3,5,8H2. The third-order valence-corrected chi connectivity index (χ3v) is 4.11. The number of rotatable bonds is 2. The Kier molecular flexibility index (Phi) is 3.29. The molecular weight excluding hydrogens is 289 g/mol. The van der Waals surface area contributed by atoms with Crippen LogP contribution in [0.3, 0.4) is 0 Å². The summed E-state index contributed by atoms with van der Waals surface area (Å²) < 4.78 is 40.0. The predicted molar refractivity (Wildman–Crippen MR) is 70.0 cm³/mol. The molecule has 106 valence electrons. The quantitative estimate of drug-likeness (QED) is 0.847. The first-order valence-corrected chi connectivity index (χ1v) is 6.91. The average Bonchev–Trinajstić information content (AvgIpc) is 2.85. The summed E-state index contributed by atoms with van der Waals surface area (Å²) in [5.74, 6) is 0.367. The number of hydrogen-bond donors (Lipinski definition) is 0. The first-order valence-electron chi connectivity index (χ1n) is 6.03. The van der Waals surface area contributed by atoms with Crippen LogP contribution < -0.4 is 9.64 Å². The Morgan fingerprint density at radius 2 is 2.10 bits per heavy atom. The molecule has 0 atom stereocenters. The van der Waals surface area contributed by atoms with Crippen LogP contribution >= 0.6 is 11.3 Å². The van der Waals surface area contributed by atoms with Crippen LogP contribution in [0.2, 0.25) is 0 Å². The maximum Gasteiger partial charge on any atom is 0.573 e. The molecule has 2 aromatic heterocycles. The molecule has 0 radical (unpaired) electrons. The highest BCUT2D eigenvalue weighted by Gasteiger charge is 2.31. The third-order valence-electron chi connectivity index (χ3n) is 3.09. The number of pyridine rings is 1. The molecule has 3 heterocycles. The molecule has 0 fully saturated rings. The summed E-state index contributed by atoms with van der Waals surface area (Å²) >= 11 is 1.74. The highest BCUT2D eigenvalue weighted by Crippen LogP contribution is 2.28. The van der Waals surface area contributed by atoms with Gasteiger partial charge in [0.25, 0.3) is 0 Å². The van der Waals surface area contributed by atoms with Crippen LogP contribution in [0.1, 0.15) is 10.4 Å². The topological polar surface area (TPSA) is 25.4 Å². The minimum absolute atomic E-state index is 0.297. The van der Waals surface area contributed by atoms with Gasteiger partial charge in [0.05, 0.1) is 6.20 Å². The highest BCUT2D eigenvalue weighted by atomic mass is 32.1. The van der Waals surface area contributed by atoms with Gasteiger partial charge in [0.15, 0.2) is 0 Å². The molecule has 0 unspecified atom stereocenters. The minimum atomic E-state index is -4.68. The molecule has 7 heteroatoms. The molecule has 2 aromatic rings. The molecule has 20 heavy (non-hydrogen) atoms. The van der Waals surface area contributed by atoms with Gasteiger partial charge in [0.1, 0.15) is 11.6 Å². The van der Waals surface area contributed by atoms with E-state index in [1.807, 2.05) is 4.90 Å². The second kappa shape index (κ2) is 4.97. The maximum absolute atomic E-state index is 12.1. The van der Waals surface area contributed by atoms with E-state index in [1.165, 1.54) is 16.5 Å². The molecular formula is C13H11F3N2OS. The fourth-order valence-corrected chi connectivity index (χ4v) is 3.09. The minimum Gasteiger partial charge on any atom is -0.404 e. The number of aromatic nitrogens is 1. The van der Waals surface area contributed by atoms with Gasteiger partial charge >= 0.3 is 6.36 Å². The summed E-state index contributed by atoms with van der Waals surface area (Å²) in [5.41, 5.74) is 1.26. The lowest BCUT2D eigenvalue weighted by molar-refractivity contribution is -0.274. The van der Waals surface area contributed by atoms with Crippen LogP contribution in [0.5, 0.6) is 5.75 Å². The van der Waals surface area contributed by atoms with Gasteiger partial charge in [-0.1, -0.05) is 0 Å². The smallest absolute Gasteiger partial charge is 0.404 e. The van der Waals surface area contributed by atoms with Crippen molar-refractivity contribution in [1.82, 2.24) is 4.98 Å². The van der Waals surface area contributed by atoms with Gasteiger partial charge in [0, 0.05) is 18.0 Å². The Morgan fingerprint density at radius 3 is 2.80 bits per heavy atom. The number of fused-ring (bicyclic) bond motifs is 1. The fourth-order valence-electron chi connectivity index (χ4n) is 2.20. The average molecular weight is 300 g/mol. The molecule has 0 bridgehead atoms. The molecule has 0 saturated carbocycles. The van der Waals surface area contributed by atoms with Gasteiger partial charge < -0.3 is 9.64 Å². The summed E-state index contributed by atoms with van der Waals surface area (Å²) in [6.07, 6.45) is -2.64. The monoisotopic (exact) mass is 300 g/mol. The van der Waals surface area contributed by atoms with E-state index >= 15 is 0 Å². The summed E-state index contributed by atoms with van der Waals surface area (Å²) in [4.78, 5) is 7.47. The Labute approximate surface area is 117 Å². The predicted octanol–water partition coefficient (Wildman–Crippen LogP) is 3.60. The highest BCUT2D eigenvalue weighted by molar-refractivity contribution is 7.10. The van der Waals surface area contributed by atoms with E-state index in [2.05, 4.69) is 21.2 Å². The number of thiophene rings is 1. The second-order valence-corrected chi connectivity index (χ2v) is 5.44. The zero-order valence-electron chi connectivity index (χ0n) is 10.4. The van der Waals surface area contributed by atoms with Crippen LogP contribution in [0.4, 0.5) is 19.0 Å². The van der Waals surface area contributed by atoms with Gasteiger partial charge in [-0.2, -0.15) is 0 Å². The molecule has 0 amide bonds. The van der Waals surface area contributed by atoms with E-state index in [4.69, 9.17) is 0 Å². The van der Waals surface area contributed by atoms with Crippen molar-refractivity contribution in [2.75, 3.05) is 11.4 Å². The molecule has 0 saturated heterocycles. The van der Waals surface area contributed by atoms with E-state index in [1.54, 1.807) is 17.4 Å². The molecule has 3 rings (SSSR count). The lowest BCUT2D eigenvalue weighted by atomic mass is 10.1. The lowest BCUT2D eigenvalue weighted by Gasteiger charge is -2.28. The zero-order chi connectivity index (χ0) is 14.2. The first kappa shape index (κ1) is 13.2. The van der Waals surface area contributed by atoms with Gasteiger partial charge in [-0.25, -0.2) is 4.98 Å². The largest absolute Gasteiger partial charge is 0.573 e. The van der Waals surface area contributed by atoms with Crippen LogP contribution in [0, 0.1) is 0 Å². The number of anilines is 1. The van der Waals surface area contributed by atoms with Crippen molar-refractivity contribution in [3.05, 3.63) is 40.2 Å². The molecule has 3 nitrogen and oxygen atoms in total. The van der Waals surface area contributed by atoms with Crippen molar-refractivity contribution in [3.63, 3.8) is 0 Å². The normalized spacial score (nSPS) is 15.1. The number of alkyl halides is 3. The number of hydrogen-bond acceptors (Lipinski definition) is 4. The Morgan fingerprint density at radius 1 is 1.25 bits per heavy atom. The Bertz CT molecular complexity index is 594. The van der Waals surface area contributed by atoms with Crippen LogP contribution in [0.25, 0.3) is 0 Å². The molecule has 1 aliphatic rings. The van der Waals surface area contributed by atoms with Crippen molar-refractivity contribution in [1.29, 1.82) is 0 Å². The maximum atomic E-state index is 12.1. The van der Waals surface area contributed by atoms with E-state index in [0.29, 0.717) is 5.82 Å². The number of ether oxygens (including phenoxy) is 1. The van der Waals surface area contributed by atoms with E-state index < -0.39 is 6.36 Å². The van der Waals surface area contributed by atoms with Crippen LogP contribution in [-0.4, -0.2) is 17.9 Å². The molecule has 0 N–H and O–H groups in total. The zero-order valence-corrected chi connectivity index (χ0v) is 11.2. The fraction of sp³-hybridized carbons (Fsp3) is 0.308. The Hall–Kier alpha value is -1.76. The van der Waals surface area contributed by atoms with Gasteiger partial charge in [-0.05, 0) is 35.6 Å². The number of halogens is 3. The molecule has 0 aromatic carbocycles. The van der Waals surface area contributed by atoms with E-state index in [-0.39, 0.29) is 5.75 Å². The molecule has 0 aliphatic carbocycles. The Balaban J connectivity index is 1.73. The second-order valence-electron chi connectivity index (χ2n) is 4.44. The van der Waals surface area contributed by atoms with E-state index in [0.717, 1.165) is 25.7 Å². The SMILES string of the molecule is FC(F)(F)Oc1ccc(N2CCc3sccc3C2)nc1. The van der Waals surface area contributed by atoms with Gasteiger partial charge in [-0.15, -0.1) is 24.5 Å². The summed E-state index contributed by atoms with van der Waals surface area (Å²) in [6, 6.07) is 4.92. The summed E-state index contributed by atoms with van der Waals surface area (Å²) in [5, 5.41) is 2.06. The lowest BCUT2D eigenvalue weighted by Crippen LogP contribution is -2.30. The molecule has 0 spiro atoms. The van der Waals surface area contributed by atoms with Gasteiger partial charge in [-0.3, -0.25) is 0 Å². The summed E-state index contributed by atoms with van der Waals surface area (Å²) in [6.45, 7) is 1.56. The molecule has 1 aliphatic heterocycles. The van der Waals surface area contributed by atoms with Crippen LogP contribution in [0.15, 0.2) is 29.8 Å². The van der Waals surface area contributed by atoms with Crippen molar-refractivity contribution in [2.24, 2.45) is 0 Å². The van der Waals surface area contributed by atoms with Crippen molar-refractivity contribution >= 4 is 17.2 Å². The van der Waals surface area contributed by atoms with Crippen molar-refractivity contribution < 1.29 is 17.9 Å². The van der Waals surface area contributed by atoms with E-state index in [9.17, 15) is 13.2 Å². The van der Waals surface area contributed by atoms with Crippen LogP contribution in [-0.2, 0) is 13.0 Å². The third kappa shape index (κ3) is 2.87. The first-order chi connectivity index (χ1) is 9.51. The van der Waals surface area contributed by atoms with Crippen molar-refractivity contribution in [2.45, 2.75) is 19.3 Å². The number of nitrogens with zero attached hydrogens (tertiary/aromatic N) is 2. The van der Waals surface area contributed by atoms with Gasteiger partial charge in [0.2, 0.25) is 0 Å². The van der Waals surface area contributed by atoms with Crippen molar-refractivity contribution in [3.8, 4) is 5.75 Å².